The van der Waals surface area contributed by atoms with Crippen LogP contribution in [0.2, 0.25) is 0 Å². The van der Waals surface area contributed by atoms with E-state index in [0.29, 0.717) is 40.3 Å². The summed E-state index contributed by atoms with van der Waals surface area (Å²) in [6.07, 6.45) is 1.38. The lowest BCUT2D eigenvalue weighted by Gasteiger charge is -2.21. The number of ether oxygens (including phenoxy) is 4. The Hall–Kier alpha value is -4.64. The highest BCUT2D eigenvalue weighted by Crippen LogP contribution is 2.41. The highest BCUT2D eigenvalue weighted by molar-refractivity contribution is 7.22. The minimum absolute atomic E-state index is 0.186. The van der Waals surface area contributed by atoms with Crippen molar-refractivity contribution in [3.8, 4) is 23.0 Å². The van der Waals surface area contributed by atoms with Crippen LogP contribution in [0.1, 0.15) is 48.6 Å². The van der Waals surface area contributed by atoms with Gasteiger partial charge in [-0.15, -0.1) is 0 Å². The number of nitrogens with zero attached hydrogens (tertiary/aromatic N) is 3. The van der Waals surface area contributed by atoms with E-state index in [9.17, 15) is 9.59 Å². The lowest BCUT2D eigenvalue weighted by molar-refractivity contribution is -0.130. The van der Waals surface area contributed by atoms with Gasteiger partial charge < -0.3 is 18.9 Å². The Kier molecular flexibility index (Phi) is 8.81. The third-order valence-corrected chi connectivity index (χ3v) is 8.25. The molecule has 10 nitrogen and oxygen atoms in total. The molecule has 11 heteroatoms. The molecule has 0 spiro atoms. The number of fused-ring (bicyclic) bond motifs is 1. The predicted molar refractivity (Wildman–Crippen MR) is 167 cm³/mol. The molecule has 0 bridgehead atoms. The molecular weight excluding hydrogens is 568 g/mol. The van der Waals surface area contributed by atoms with Crippen molar-refractivity contribution in [3.63, 3.8) is 0 Å². The molecule has 0 aliphatic carbocycles. The number of anilines is 1. The van der Waals surface area contributed by atoms with Gasteiger partial charge in [-0.05, 0) is 60.4 Å². The molecule has 1 atom stereocenters. The molecule has 43 heavy (non-hydrogen) atoms. The standard InChI is InChI=1S/C32H34N4O6S/c1-7-20-9-11-29-24(12-20)33-32(43-29)34-30(38)17-42-26-13-21(10-8-18(26)2)25-16-23(35-36(25)19(3)37)22-14-27(39-4)31(41-6)28(15-22)40-5/h8-15,25H,7,16-17H2,1-6H3,(H,33,34,38). The van der Waals surface area contributed by atoms with Crippen molar-refractivity contribution in [1.29, 1.82) is 0 Å². The van der Waals surface area contributed by atoms with Crippen LogP contribution in [0.4, 0.5) is 5.13 Å². The minimum atomic E-state index is -0.362. The monoisotopic (exact) mass is 602 g/mol. The van der Waals surface area contributed by atoms with Crippen molar-refractivity contribution >= 4 is 44.2 Å². The molecule has 0 saturated carbocycles. The molecule has 1 N–H and O–H groups in total. The number of hydrogen-bond donors (Lipinski definition) is 1. The van der Waals surface area contributed by atoms with Crippen molar-refractivity contribution < 1.29 is 28.5 Å². The molecule has 0 radical (unpaired) electrons. The molecule has 4 aromatic rings. The summed E-state index contributed by atoms with van der Waals surface area (Å²) >= 11 is 1.43. The Bertz CT molecular complexity index is 1690. The van der Waals surface area contributed by atoms with Crippen molar-refractivity contribution in [3.05, 3.63) is 70.8 Å². The first-order chi connectivity index (χ1) is 20.7. The van der Waals surface area contributed by atoms with Gasteiger partial charge in [0.05, 0.1) is 43.3 Å². The maximum atomic E-state index is 12.8. The Morgan fingerprint density at radius 2 is 1.74 bits per heavy atom. The number of carbonyl (C=O) groups is 2. The van der Waals surface area contributed by atoms with Crippen LogP contribution in [-0.4, -0.2) is 55.5 Å². The number of benzene rings is 3. The normalized spacial score (nSPS) is 14.4. The van der Waals surface area contributed by atoms with Crippen LogP contribution in [0.25, 0.3) is 10.2 Å². The molecule has 1 unspecified atom stereocenters. The molecule has 1 aliphatic rings. The van der Waals surface area contributed by atoms with Gasteiger partial charge in [-0.25, -0.2) is 9.99 Å². The number of hydrogen-bond acceptors (Lipinski definition) is 9. The number of aromatic nitrogens is 1. The molecule has 0 saturated heterocycles. The topological polar surface area (TPSA) is 112 Å². The van der Waals surface area contributed by atoms with Gasteiger partial charge in [0.15, 0.2) is 23.2 Å². The Morgan fingerprint density at radius 3 is 2.40 bits per heavy atom. The van der Waals surface area contributed by atoms with E-state index in [1.807, 2.05) is 49.4 Å². The van der Waals surface area contributed by atoms with Crippen molar-refractivity contribution in [1.82, 2.24) is 9.99 Å². The van der Waals surface area contributed by atoms with E-state index < -0.39 is 0 Å². The van der Waals surface area contributed by atoms with Gasteiger partial charge in [-0.3, -0.25) is 14.9 Å². The van der Waals surface area contributed by atoms with Crippen LogP contribution in [0.5, 0.6) is 23.0 Å². The van der Waals surface area contributed by atoms with Gasteiger partial charge in [0.2, 0.25) is 11.7 Å². The average molecular weight is 603 g/mol. The first-order valence-electron chi connectivity index (χ1n) is 13.8. The first-order valence-corrected chi connectivity index (χ1v) is 14.7. The van der Waals surface area contributed by atoms with Crippen molar-refractivity contribution in [2.75, 3.05) is 33.3 Å². The fraction of sp³-hybridized carbons (Fsp3) is 0.312. The summed E-state index contributed by atoms with van der Waals surface area (Å²) in [6.45, 7) is 5.30. The molecule has 0 fully saturated rings. The van der Waals surface area contributed by atoms with Gasteiger partial charge >= 0.3 is 0 Å². The Morgan fingerprint density at radius 1 is 1.00 bits per heavy atom. The summed E-state index contributed by atoms with van der Waals surface area (Å²) in [5.41, 5.74) is 5.21. The van der Waals surface area contributed by atoms with Gasteiger partial charge in [0.25, 0.3) is 5.91 Å². The molecule has 2 amide bonds. The average Bonchev–Trinajstić information content (AvgIpc) is 3.64. The molecule has 5 rings (SSSR count). The highest BCUT2D eigenvalue weighted by Gasteiger charge is 2.33. The van der Waals surface area contributed by atoms with Crippen LogP contribution in [0.15, 0.2) is 53.6 Å². The summed E-state index contributed by atoms with van der Waals surface area (Å²) in [4.78, 5) is 30.0. The quantitative estimate of drug-likeness (QED) is 0.240. The summed E-state index contributed by atoms with van der Waals surface area (Å²) < 4.78 is 23.4. The van der Waals surface area contributed by atoms with Crippen LogP contribution < -0.4 is 24.3 Å². The second-order valence-electron chi connectivity index (χ2n) is 10.1. The Labute approximate surface area is 254 Å². The van der Waals surface area contributed by atoms with Crippen LogP contribution >= 0.6 is 11.3 Å². The third-order valence-electron chi connectivity index (χ3n) is 7.29. The summed E-state index contributed by atoms with van der Waals surface area (Å²) in [5, 5.41) is 9.50. The van der Waals surface area contributed by atoms with E-state index >= 15 is 0 Å². The number of thiazole rings is 1. The predicted octanol–water partition coefficient (Wildman–Crippen LogP) is 5.91. The van der Waals surface area contributed by atoms with E-state index in [2.05, 4.69) is 28.4 Å². The second kappa shape index (κ2) is 12.7. The largest absolute Gasteiger partial charge is 0.493 e. The zero-order valence-corrected chi connectivity index (χ0v) is 25.8. The minimum Gasteiger partial charge on any atom is -0.493 e. The third kappa shape index (κ3) is 6.26. The maximum absolute atomic E-state index is 12.8. The summed E-state index contributed by atoms with van der Waals surface area (Å²) in [5.74, 6) is 1.52. The number of aryl methyl sites for hydroxylation is 2. The molecule has 2 heterocycles. The second-order valence-corrected chi connectivity index (χ2v) is 11.1. The number of amides is 2. The van der Waals surface area contributed by atoms with Gasteiger partial charge in [0, 0.05) is 18.9 Å². The number of nitrogens with one attached hydrogen (secondary N) is 1. The molecule has 3 aromatic carbocycles. The summed E-state index contributed by atoms with van der Waals surface area (Å²) in [6, 6.07) is 15.1. The fourth-order valence-electron chi connectivity index (χ4n) is 5.01. The van der Waals surface area contributed by atoms with Crippen LogP contribution in [0, 0.1) is 6.92 Å². The maximum Gasteiger partial charge on any atom is 0.264 e. The molecule has 1 aromatic heterocycles. The van der Waals surface area contributed by atoms with E-state index in [0.717, 1.165) is 33.3 Å². The smallest absolute Gasteiger partial charge is 0.264 e. The van der Waals surface area contributed by atoms with Gasteiger partial charge in [-0.2, -0.15) is 5.10 Å². The van der Waals surface area contributed by atoms with Crippen LogP contribution in [0.3, 0.4) is 0 Å². The number of carbonyl (C=O) groups excluding carboxylic acids is 2. The van der Waals surface area contributed by atoms with E-state index in [1.165, 1.54) is 28.8 Å². The molecule has 224 valence electrons. The van der Waals surface area contributed by atoms with Crippen molar-refractivity contribution in [2.45, 2.75) is 39.7 Å². The van der Waals surface area contributed by atoms with Crippen molar-refractivity contribution in [2.24, 2.45) is 5.10 Å². The number of hydrazone groups is 1. The highest BCUT2D eigenvalue weighted by atomic mass is 32.1. The fourth-order valence-corrected chi connectivity index (χ4v) is 5.87. The van der Waals surface area contributed by atoms with E-state index in [1.54, 1.807) is 21.3 Å². The number of rotatable bonds is 10. The Balaban J connectivity index is 1.32. The molecular formula is C32H34N4O6S. The lowest BCUT2D eigenvalue weighted by Crippen LogP contribution is -2.24. The zero-order chi connectivity index (χ0) is 30.7. The van der Waals surface area contributed by atoms with Gasteiger partial charge in [-0.1, -0.05) is 36.5 Å². The van der Waals surface area contributed by atoms with Gasteiger partial charge in [0.1, 0.15) is 5.75 Å². The summed E-state index contributed by atoms with van der Waals surface area (Å²) in [7, 11) is 4.65. The molecule has 1 aliphatic heterocycles. The van der Waals surface area contributed by atoms with E-state index in [4.69, 9.17) is 18.9 Å². The first kappa shape index (κ1) is 29.8. The zero-order valence-electron chi connectivity index (χ0n) is 25.0. The van der Waals surface area contributed by atoms with Crippen LogP contribution in [-0.2, 0) is 16.0 Å². The lowest BCUT2D eigenvalue weighted by atomic mass is 9.97. The van der Waals surface area contributed by atoms with E-state index in [-0.39, 0.29) is 24.5 Å². The SMILES string of the molecule is CCc1ccc2sc(NC(=O)COc3cc(C4CC(c5cc(OC)c(OC)c(OC)c5)=NN4C(C)=O)ccc3C)nc2c1. The number of methoxy groups -OCH3 is 3.